The van der Waals surface area contributed by atoms with Gasteiger partial charge in [-0.3, -0.25) is 9.59 Å². The van der Waals surface area contributed by atoms with Gasteiger partial charge in [-0.25, -0.2) is 15.2 Å². The predicted octanol–water partition coefficient (Wildman–Crippen LogP) is 2.64. The van der Waals surface area contributed by atoms with Gasteiger partial charge in [0.05, 0.1) is 0 Å². The van der Waals surface area contributed by atoms with E-state index in [1.165, 1.54) is 13.0 Å². The van der Waals surface area contributed by atoms with Crippen molar-refractivity contribution >= 4 is 23.2 Å². The van der Waals surface area contributed by atoms with E-state index < -0.39 is 6.04 Å². The molecule has 7 heteroatoms. The van der Waals surface area contributed by atoms with Gasteiger partial charge in [0.15, 0.2) is 0 Å². The lowest BCUT2D eigenvalue weighted by Gasteiger charge is -2.12. The van der Waals surface area contributed by atoms with E-state index in [1.54, 1.807) is 43.3 Å². The van der Waals surface area contributed by atoms with E-state index >= 15 is 0 Å². The molecule has 0 saturated carbocycles. The zero-order chi connectivity index (χ0) is 18.7. The Bertz CT molecular complexity index is 823. The molecule has 2 atom stereocenters. The zero-order valence-corrected chi connectivity index (χ0v) is 14.6. The number of nitrogens with one attached hydrogen (secondary N) is 4. The zero-order valence-electron chi connectivity index (χ0n) is 14.6. The van der Waals surface area contributed by atoms with E-state index in [-0.39, 0.29) is 23.7 Å². The highest BCUT2D eigenvalue weighted by molar-refractivity contribution is 5.95. The van der Waals surface area contributed by atoms with Crippen molar-refractivity contribution in [1.82, 2.24) is 10.9 Å². The van der Waals surface area contributed by atoms with Gasteiger partial charge in [-0.05, 0) is 54.8 Å². The number of hydrogen-bond donors (Lipinski definition) is 4. The van der Waals surface area contributed by atoms with Crippen molar-refractivity contribution in [2.24, 2.45) is 0 Å². The molecule has 0 aromatic heterocycles. The van der Waals surface area contributed by atoms with Crippen LogP contribution in [0.1, 0.15) is 30.5 Å². The molecule has 1 aliphatic heterocycles. The third-order valence-electron chi connectivity index (χ3n) is 4.28. The number of rotatable bonds is 4. The summed E-state index contributed by atoms with van der Waals surface area (Å²) in [6, 6.07) is 11.4. The first kappa shape index (κ1) is 18.0. The Morgan fingerprint density at radius 2 is 1.69 bits per heavy atom. The molecule has 136 valence electrons. The summed E-state index contributed by atoms with van der Waals surface area (Å²) in [5.74, 6) is -0.548. The maximum Gasteiger partial charge on any atom is 0.242 e. The molecule has 2 aromatic rings. The molecule has 0 aliphatic carbocycles. The number of halogens is 1. The highest BCUT2D eigenvalue weighted by atomic mass is 19.1. The largest absolute Gasteiger partial charge is 0.326 e. The van der Waals surface area contributed by atoms with Gasteiger partial charge in [-0.15, -0.1) is 0 Å². The minimum absolute atomic E-state index is 0.0628. The molecular formula is C19H21FN4O2. The average Bonchev–Trinajstić information content (AvgIpc) is 3.09. The van der Waals surface area contributed by atoms with Crippen molar-refractivity contribution in [1.29, 1.82) is 0 Å². The van der Waals surface area contributed by atoms with E-state index in [4.69, 9.17) is 0 Å². The third-order valence-corrected chi connectivity index (χ3v) is 4.28. The quantitative estimate of drug-likeness (QED) is 0.679. The summed E-state index contributed by atoms with van der Waals surface area (Å²) in [6.07, 6.45) is 0.556. The number of hydrazine groups is 1. The highest BCUT2D eigenvalue weighted by Crippen LogP contribution is 2.24. The summed E-state index contributed by atoms with van der Waals surface area (Å²) in [6.45, 7) is 3.16. The number of aryl methyl sites for hydroxylation is 1. The van der Waals surface area contributed by atoms with Crippen LogP contribution in [0.2, 0.25) is 0 Å². The van der Waals surface area contributed by atoms with Crippen LogP contribution >= 0.6 is 0 Å². The Labute approximate surface area is 151 Å². The maximum absolute atomic E-state index is 13.4. The smallest absolute Gasteiger partial charge is 0.242 e. The lowest BCUT2D eigenvalue weighted by atomic mass is 10.00. The van der Waals surface area contributed by atoms with E-state index in [0.717, 1.165) is 5.56 Å². The van der Waals surface area contributed by atoms with E-state index in [9.17, 15) is 14.0 Å². The monoisotopic (exact) mass is 356 g/mol. The topological polar surface area (TPSA) is 82.3 Å². The molecule has 1 aliphatic rings. The minimum Gasteiger partial charge on any atom is -0.326 e. The second kappa shape index (κ2) is 7.63. The normalized spacial score (nSPS) is 19.2. The summed E-state index contributed by atoms with van der Waals surface area (Å²) < 4.78 is 13.4. The molecular weight excluding hydrogens is 335 g/mol. The first-order valence-corrected chi connectivity index (χ1v) is 8.38. The Morgan fingerprint density at radius 3 is 2.31 bits per heavy atom. The summed E-state index contributed by atoms with van der Waals surface area (Å²) in [7, 11) is 0. The van der Waals surface area contributed by atoms with Crippen LogP contribution in [0, 0.1) is 12.7 Å². The number of hydrogen-bond acceptors (Lipinski definition) is 4. The number of benzene rings is 2. The van der Waals surface area contributed by atoms with Crippen LogP contribution in [0.5, 0.6) is 0 Å². The third kappa shape index (κ3) is 4.25. The van der Waals surface area contributed by atoms with E-state index in [2.05, 4.69) is 21.5 Å². The van der Waals surface area contributed by atoms with Crippen LogP contribution in [0.25, 0.3) is 0 Å². The molecule has 0 spiro atoms. The van der Waals surface area contributed by atoms with Crippen molar-refractivity contribution in [2.75, 3.05) is 10.6 Å². The molecule has 2 amide bonds. The highest BCUT2D eigenvalue weighted by Gasteiger charge is 2.30. The SMILES string of the molecule is CC(=O)Nc1ccc(NC(=O)C2CC(c3ccc(F)c(C)c3)NN2)cc1. The first-order valence-electron chi connectivity index (χ1n) is 8.38. The van der Waals surface area contributed by atoms with Crippen LogP contribution in [0.3, 0.4) is 0 Å². The fourth-order valence-electron chi connectivity index (χ4n) is 2.90. The van der Waals surface area contributed by atoms with Gasteiger partial charge in [-0.1, -0.05) is 12.1 Å². The fourth-order valence-corrected chi connectivity index (χ4v) is 2.90. The predicted molar refractivity (Wildman–Crippen MR) is 97.9 cm³/mol. The van der Waals surface area contributed by atoms with Crippen LogP contribution in [0.15, 0.2) is 42.5 Å². The molecule has 26 heavy (non-hydrogen) atoms. The van der Waals surface area contributed by atoms with Gasteiger partial charge in [0.25, 0.3) is 0 Å². The Balaban J connectivity index is 1.59. The van der Waals surface area contributed by atoms with Crippen LogP contribution in [-0.4, -0.2) is 17.9 Å². The summed E-state index contributed by atoms with van der Waals surface area (Å²) in [5, 5.41) is 5.51. The molecule has 1 saturated heterocycles. The molecule has 4 N–H and O–H groups in total. The Kier molecular flexibility index (Phi) is 5.29. The molecule has 1 fully saturated rings. The number of anilines is 2. The lowest BCUT2D eigenvalue weighted by molar-refractivity contribution is -0.118. The van der Waals surface area contributed by atoms with Gasteiger partial charge in [0, 0.05) is 24.3 Å². The van der Waals surface area contributed by atoms with Gasteiger partial charge >= 0.3 is 0 Å². The molecule has 6 nitrogen and oxygen atoms in total. The molecule has 2 aromatic carbocycles. The summed E-state index contributed by atoms with van der Waals surface area (Å²) in [4.78, 5) is 23.5. The minimum atomic E-state index is -0.402. The Morgan fingerprint density at radius 1 is 1.04 bits per heavy atom. The van der Waals surface area contributed by atoms with Gasteiger partial charge < -0.3 is 10.6 Å². The molecule has 2 unspecified atom stereocenters. The fraction of sp³-hybridized carbons (Fsp3) is 0.263. The molecule has 0 radical (unpaired) electrons. The van der Waals surface area contributed by atoms with Crippen LogP contribution < -0.4 is 21.5 Å². The van der Waals surface area contributed by atoms with Gasteiger partial charge in [0.2, 0.25) is 11.8 Å². The second-order valence-corrected chi connectivity index (χ2v) is 6.39. The number of carbonyl (C=O) groups is 2. The summed E-state index contributed by atoms with van der Waals surface area (Å²) >= 11 is 0. The first-order chi connectivity index (χ1) is 12.4. The van der Waals surface area contributed by atoms with Gasteiger partial charge in [0.1, 0.15) is 11.9 Å². The lowest BCUT2D eigenvalue weighted by Crippen LogP contribution is -2.39. The van der Waals surface area contributed by atoms with Crippen molar-refractivity contribution in [3.8, 4) is 0 Å². The molecule has 3 rings (SSSR count). The summed E-state index contributed by atoms with van der Waals surface area (Å²) in [5.41, 5.74) is 8.90. The van der Waals surface area contributed by atoms with Gasteiger partial charge in [-0.2, -0.15) is 0 Å². The van der Waals surface area contributed by atoms with Crippen LogP contribution in [0.4, 0.5) is 15.8 Å². The number of amides is 2. The van der Waals surface area contributed by atoms with Crippen molar-refractivity contribution in [2.45, 2.75) is 32.4 Å². The molecule has 1 heterocycles. The molecule has 0 bridgehead atoms. The van der Waals surface area contributed by atoms with Crippen molar-refractivity contribution in [3.63, 3.8) is 0 Å². The Hall–Kier alpha value is -2.77. The number of carbonyl (C=O) groups excluding carboxylic acids is 2. The van der Waals surface area contributed by atoms with Crippen molar-refractivity contribution < 1.29 is 14.0 Å². The standard InChI is InChI=1S/C19H21FN4O2/c1-11-9-13(3-8-16(11)20)17-10-18(24-23-17)19(26)22-15-6-4-14(5-7-15)21-12(2)25/h3-9,17-18,23-24H,10H2,1-2H3,(H,21,25)(H,22,26). The van der Waals surface area contributed by atoms with E-state index in [1.807, 2.05) is 0 Å². The average molecular weight is 356 g/mol. The van der Waals surface area contributed by atoms with Crippen molar-refractivity contribution in [3.05, 3.63) is 59.4 Å². The van der Waals surface area contributed by atoms with Crippen LogP contribution in [-0.2, 0) is 9.59 Å². The second-order valence-electron chi connectivity index (χ2n) is 6.39. The maximum atomic E-state index is 13.4. The van der Waals surface area contributed by atoms with E-state index in [0.29, 0.717) is 23.4 Å².